The molecular formula is C16H25BrN2. The first-order chi connectivity index (χ1) is 9.08. The first-order valence-corrected chi connectivity index (χ1v) is 8.11. The fourth-order valence-electron chi connectivity index (χ4n) is 2.57. The quantitative estimate of drug-likeness (QED) is 0.822. The van der Waals surface area contributed by atoms with Crippen LogP contribution in [0.15, 0.2) is 28.7 Å². The highest BCUT2D eigenvalue weighted by molar-refractivity contribution is 9.10. The first-order valence-electron chi connectivity index (χ1n) is 7.32. The number of hydrogen-bond acceptors (Lipinski definition) is 2. The minimum Gasteiger partial charge on any atom is -0.324 e. The van der Waals surface area contributed by atoms with Crippen molar-refractivity contribution in [3.63, 3.8) is 0 Å². The van der Waals surface area contributed by atoms with Gasteiger partial charge in [0.05, 0.1) is 0 Å². The van der Waals surface area contributed by atoms with E-state index in [-0.39, 0.29) is 6.04 Å². The van der Waals surface area contributed by atoms with Crippen LogP contribution in [0.5, 0.6) is 0 Å². The highest BCUT2D eigenvalue weighted by atomic mass is 79.9. The van der Waals surface area contributed by atoms with Crippen molar-refractivity contribution < 1.29 is 0 Å². The molecule has 1 fully saturated rings. The summed E-state index contributed by atoms with van der Waals surface area (Å²) in [5.41, 5.74) is 7.56. The third-order valence-corrected chi connectivity index (χ3v) is 4.42. The van der Waals surface area contributed by atoms with Gasteiger partial charge in [-0.1, -0.05) is 48.0 Å². The highest BCUT2D eigenvalue weighted by Gasteiger charge is 2.29. The molecule has 0 amide bonds. The Morgan fingerprint density at radius 2 is 2.00 bits per heavy atom. The topological polar surface area (TPSA) is 29.3 Å². The van der Waals surface area contributed by atoms with E-state index in [0.717, 1.165) is 29.4 Å². The Bertz CT molecular complexity index is 401. The Morgan fingerprint density at radius 3 is 2.58 bits per heavy atom. The van der Waals surface area contributed by atoms with E-state index in [4.69, 9.17) is 5.73 Å². The van der Waals surface area contributed by atoms with Crippen LogP contribution in [0.25, 0.3) is 0 Å². The van der Waals surface area contributed by atoms with Crippen molar-refractivity contribution in [1.29, 1.82) is 0 Å². The molecule has 0 saturated heterocycles. The van der Waals surface area contributed by atoms with Gasteiger partial charge in [0, 0.05) is 29.6 Å². The van der Waals surface area contributed by atoms with Gasteiger partial charge in [-0.3, -0.25) is 0 Å². The van der Waals surface area contributed by atoms with Crippen molar-refractivity contribution in [2.24, 2.45) is 11.7 Å². The number of nitrogens with two attached hydrogens (primary N) is 1. The minimum absolute atomic E-state index is 0.129. The summed E-state index contributed by atoms with van der Waals surface area (Å²) in [6.45, 7) is 6.91. The molecular weight excluding hydrogens is 300 g/mol. The fourth-order valence-corrected chi connectivity index (χ4v) is 3.15. The molecule has 106 valence electrons. The molecule has 2 nitrogen and oxygen atoms in total. The Morgan fingerprint density at radius 1 is 1.32 bits per heavy atom. The third kappa shape index (κ3) is 4.59. The molecule has 1 aromatic carbocycles. The molecule has 3 heteroatoms. The number of rotatable bonds is 7. The van der Waals surface area contributed by atoms with Crippen LogP contribution in [-0.2, 0) is 0 Å². The molecule has 1 aromatic rings. The molecule has 0 aliphatic heterocycles. The van der Waals surface area contributed by atoms with Gasteiger partial charge in [-0.25, -0.2) is 0 Å². The average Bonchev–Trinajstić information content (AvgIpc) is 3.18. The molecule has 19 heavy (non-hydrogen) atoms. The fraction of sp³-hybridized carbons (Fsp3) is 0.625. The van der Waals surface area contributed by atoms with Gasteiger partial charge >= 0.3 is 0 Å². The third-order valence-electron chi connectivity index (χ3n) is 3.69. The summed E-state index contributed by atoms with van der Waals surface area (Å²) in [7, 11) is 0. The smallest absolute Gasteiger partial charge is 0.0318 e. The number of halogens is 1. The van der Waals surface area contributed by atoms with E-state index < -0.39 is 0 Å². The molecule has 1 atom stereocenters. The normalized spacial score (nSPS) is 17.2. The zero-order valence-corrected chi connectivity index (χ0v) is 13.6. The van der Waals surface area contributed by atoms with Crippen molar-refractivity contribution in [3.8, 4) is 0 Å². The summed E-state index contributed by atoms with van der Waals surface area (Å²) in [6.07, 6.45) is 3.78. The van der Waals surface area contributed by atoms with Crippen molar-refractivity contribution in [1.82, 2.24) is 4.90 Å². The van der Waals surface area contributed by atoms with Crippen LogP contribution in [0.3, 0.4) is 0 Å². The van der Waals surface area contributed by atoms with Crippen LogP contribution >= 0.6 is 15.9 Å². The zero-order chi connectivity index (χ0) is 13.8. The van der Waals surface area contributed by atoms with E-state index in [9.17, 15) is 0 Å². The lowest BCUT2D eigenvalue weighted by Crippen LogP contribution is -2.32. The molecule has 2 rings (SSSR count). The Hall–Kier alpha value is -0.380. The van der Waals surface area contributed by atoms with Crippen LogP contribution in [0, 0.1) is 5.92 Å². The van der Waals surface area contributed by atoms with Crippen LogP contribution in [0.1, 0.15) is 44.7 Å². The second kappa shape index (κ2) is 6.87. The predicted molar refractivity (Wildman–Crippen MR) is 85.1 cm³/mol. The summed E-state index contributed by atoms with van der Waals surface area (Å²) in [4.78, 5) is 2.63. The van der Waals surface area contributed by atoms with Gasteiger partial charge in [0.1, 0.15) is 0 Å². The molecule has 0 spiro atoms. The average molecular weight is 325 g/mol. The molecule has 1 aliphatic carbocycles. The maximum absolute atomic E-state index is 6.34. The maximum atomic E-state index is 6.34. The summed E-state index contributed by atoms with van der Waals surface area (Å²) in [5.74, 6) is 0.736. The van der Waals surface area contributed by atoms with Crippen molar-refractivity contribution in [3.05, 3.63) is 34.3 Å². The van der Waals surface area contributed by atoms with E-state index in [1.807, 2.05) is 6.07 Å². The van der Waals surface area contributed by atoms with E-state index in [1.54, 1.807) is 0 Å². The van der Waals surface area contributed by atoms with Crippen LogP contribution in [-0.4, -0.2) is 24.0 Å². The largest absolute Gasteiger partial charge is 0.324 e. The van der Waals surface area contributed by atoms with E-state index in [2.05, 4.69) is 52.9 Å². The Labute approximate surface area is 125 Å². The molecule has 0 heterocycles. The molecule has 1 aliphatic rings. The Balaban J connectivity index is 1.88. The van der Waals surface area contributed by atoms with Gasteiger partial charge in [0.2, 0.25) is 0 Å². The monoisotopic (exact) mass is 324 g/mol. The predicted octanol–water partition coefficient (Wildman–Crippen LogP) is 3.96. The van der Waals surface area contributed by atoms with Gasteiger partial charge < -0.3 is 10.6 Å². The second-order valence-corrected chi connectivity index (χ2v) is 6.89. The summed E-state index contributed by atoms with van der Waals surface area (Å²) >= 11 is 3.59. The van der Waals surface area contributed by atoms with Crippen LogP contribution in [0.2, 0.25) is 0 Å². The second-order valence-electron chi connectivity index (χ2n) is 6.04. The standard InChI is InChI=1S/C16H25BrN2/c1-12(2)11-19(13-7-8-13)10-9-16(18)14-5-3-4-6-15(14)17/h3-6,12-13,16H,7-11,18H2,1-2H3. The first kappa shape index (κ1) is 15.0. The van der Waals surface area contributed by atoms with Crippen molar-refractivity contribution >= 4 is 15.9 Å². The van der Waals surface area contributed by atoms with Gasteiger partial charge in [0.25, 0.3) is 0 Å². The summed E-state index contributed by atoms with van der Waals surface area (Å²) < 4.78 is 1.13. The lowest BCUT2D eigenvalue weighted by atomic mass is 10.0. The number of benzene rings is 1. The van der Waals surface area contributed by atoms with E-state index >= 15 is 0 Å². The van der Waals surface area contributed by atoms with Gasteiger partial charge in [0.15, 0.2) is 0 Å². The SMILES string of the molecule is CC(C)CN(CCC(N)c1ccccc1Br)C1CC1. The van der Waals surface area contributed by atoms with Crippen LogP contribution < -0.4 is 5.73 Å². The van der Waals surface area contributed by atoms with E-state index in [0.29, 0.717) is 0 Å². The van der Waals surface area contributed by atoms with Crippen LogP contribution in [0.4, 0.5) is 0 Å². The number of hydrogen-bond donors (Lipinski definition) is 1. The lowest BCUT2D eigenvalue weighted by Gasteiger charge is -2.25. The van der Waals surface area contributed by atoms with E-state index in [1.165, 1.54) is 24.9 Å². The van der Waals surface area contributed by atoms with Gasteiger partial charge in [-0.15, -0.1) is 0 Å². The van der Waals surface area contributed by atoms with Gasteiger partial charge in [-0.05, 0) is 36.8 Å². The molecule has 0 aromatic heterocycles. The summed E-state index contributed by atoms with van der Waals surface area (Å²) in [5, 5.41) is 0. The Kier molecular flexibility index (Phi) is 5.43. The zero-order valence-electron chi connectivity index (χ0n) is 12.0. The van der Waals surface area contributed by atoms with Crippen molar-refractivity contribution in [2.75, 3.05) is 13.1 Å². The maximum Gasteiger partial charge on any atom is 0.0318 e. The lowest BCUT2D eigenvalue weighted by molar-refractivity contribution is 0.226. The molecule has 0 radical (unpaired) electrons. The van der Waals surface area contributed by atoms with Crippen molar-refractivity contribution in [2.45, 2.75) is 45.2 Å². The molecule has 0 bridgehead atoms. The molecule has 1 saturated carbocycles. The molecule has 2 N–H and O–H groups in total. The molecule has 1 unspecified atom stereocenters. The van der Waals surface area contributed by atoms with Gasteiger partial charge in [-0.2, -0.15) is 0 Å². The highest BCUT2D eigenvalue weighted by Crippen LogP contribution is 2.29. The summed E-state index contributed by atoms with van der Waals surface area (Å²) in [6, 6.07) is 9.25. The minimum atomic E-state index is 0.129. The number of nitrogens with zero attached hydrogens (tertiary/aromatic N) is 1.